The van der Waals surface area contributed by atoms with Gasteiger partial charge in [0.05, 0.1) is 4.90 Å². The van der Waals surface area contributed by atoms with Crippen LogP contribution in [0.1, 0.15) is 26.3 Å². The van der Waals surface area contributed by atoms with Crippen LogP contribution in [0.25, 0.3) is 0 Å². The predicted octanol–water partition coefficient (Wildman–Crippen LogP) is 3.77. The minimum Gasteiger partial charge on any atom is -0.374 e. The fourth-order valence-electron chi connectivity index (χ4n) is 2.34. The van der Waals surface area contributed by atoms with Crippen molar-refractivity contribution in [3.8, 4) is 0 Å². The van der Waals surface area contributed by atoms with Gasteiger partial charge in [0, 0.05) is 22.4 Å². The summed E-state index contributed by atoms with van der Waals surface area (Å²) in [6.07, 6.45) is 0. The molecule has 0 spiro atoms. The van der Waals surface area contributed by atoms with Crippen molar-refractivity contribution in [3.05, 3.63) is 53.1 Å². The van der Waals surface area contributed by atoms with Crippen LogP contribution in [0, 0.1) is 6.92 Å². The monoisotopic (exact) mass is 409 g/mol. The second kappa shape index (κ2) is 8.73. The van der Waals surface area contributed by atoms with E-state index in [1.165, 1.54) is 12.1 Å². The minimum absolute atomic E-state index is 0.148. The molecule has 0 saturated heterocycles. The van der Waals surface area contributed by atoms with Crippen LogP contribution in [0.15, 0.2) is 47.4 Å². The summed E-state index contributed by atoms with van der Waals surface area (Å²) in [6, 6.07) is 10.8. The molecule has 2 rings (SSSR count). The highest BCUT2D eigenvalue weighted by molar-refractivity contribution is 7.89. The number of sulfonamides is 1. The Labute approximate surface area is 165 Å². The first-order chi connectivity index (χ1) is 12.6. The number of hydrogen-bond donors (Lipinski definition) is 3. The van der Waals surface area contributed by atoms with Crippen molar-refractivity contribution in [2.45, 2.75) is 44.7 Å². The lowest BCUT2D eigenvalue weighted by atomic mass is 10.2. The van der Waals surface area contributed by atoms with Crippen LogP contribution in [0.2, 0.25) is 5.02 Å². The van der Waals surface area contributed by atoms with Gasteiger partial charge in [0.25, 0.3) is 0 Å². The molecule has 1 atom stereocenters. The van der Waals surface area contributed by atoms with Crippen molar-refractivity contribution in [1.82, 2.24) is 4.72 Å². The highest BCUT2D eigenvalue weighted by Crippen LogP contribution is 2.21. The zero-order chi connectivity index (χ0) is 20.2. The van der Waals surface area contributed by atoms with Gasteiger partial charge in [0.15, 0.2) is 0 Å². The third-order valence-corrected chi connectivity index (χ3v) is 5.85. The molecule has 0 saturated carbocycles. The van der Waals surface area contributed by atoms with Crippen LogP contribution < -0.4 is 15.4 Å². The predicted molar refractivity (Wildman–Crippen MR) is 110 cm³/mol. The molecule has 6 nitrogen and oxygen atoms in total. The normalized spacial score (nSPS) is 12.7. The number of halogens is 1. The SMILES string of the molecule is Cc1ccc(N[C@@H](C)C(=O)Nc2ccc(S(=O)(=O)NC(C)C)cc2)cc1Cl. The Morgan fingerprint density at radius 1 is 1.00 bits per heavy atom. The molecule has 0 radical (unpaired) electrons. The van der Waals surface area contributed by atoms with Crippen LogP contribution in [0.5, 0.6) is 0 Å². The quantitative estimate of drug-likeness (QED) is 0.649. The first-order valence-electron chi connectivity index (χ1n) is 8.54. The van der Waals surface area contributed by atoms with Gasteiger partial charge in [-0.25, -0.2) is 13.1 Å². The lowest BCUT2D eigenvalue weighted by Gasteiger charge is -2.16. The van der Waals surface area contributed by atoms with E-state index in [0.717, 1.165) is 11.3 Å². The van der Waals surface area contributed by atoms with E-state index in [1.54, 1.807) is 39.0 Å². The Morgan fingerprint density at radius 2 is 1.59 bits per heavy atom. The molecule has 0 fully saturated rings. The van der Waals surface area contributed by atoms with Crippen molar-refractivity contribution in [2.75, 3.05) is 10.6 Å². The number of benzene rings is 2. The molecule has 8 heteroatoms. The summed E-state index contributed by atoms with van der Waals surface area (Å²) >= 11 is 6.09. The summed E-state index contributed by atoms with van der Waals surface area (Å²) in [4.78, 5) is 12.5. The molecule has 2 aromatic carbocycles. The number of nitrogens with one attached hydrogen (secondary N) is 3. The topological polar surface area (TPSA) is 87.3 Å². The molecule has 0 heterocycles. The molecule has 146 valence electrons. The van der Waals surface area contributed by atoms with Crippen LogP contribution in [0.3, 0.4) is 0 Å². The molecule has 3 N–H and O–H groups in total. The first kappa shape index (κ1) is 21.2. The van der Waals surface area contributed by atoms with Crippen LogP contribution in [-0.4, -0.2) is 26.4 Å². The molecular weight excluding hydrogens is 386 g/mol. The Kier molecular flexibility index (Phi) is 6.86. The molecule has 1 amide bonds. The van der Waals surface area contributed by atoms with E-state index in [-0.39, 0.29) is 16.8 Å². The lowest BCUT2D eigenvalue weighted by Crippen LogP contribution is -2.32. The van der Waals surface area contributed by atoms with Crippen molar-refractivity contribution in [3.63, 3.8) is 0 Å². The average molecular weight is 410 g/mol. The number of anilines is 2. The summed E-state index contributed by atoms with van der Waals surface area (Å²) in [7, 11) is -3.56. The third kappa shape index (κ3) is 5.95. The van der Waals surface area contributed by atoms with E-state index >= 15 is 0 Å². The summed E-state index contributed by atoms with van der Waals surface area (Å²) in [5, 5.41) is 6.47. The van der Waals surface area contributed by atoms with Crippen molar-refractivity contribution in [2.24, 2.45) is 0 Å². The molecular formula is C19H24ClN3O3S. The number of carbonyl (C=O) groups is 1. The summed E-state index contributed by atoms with van der Waals surface area (Å²) in [6.45, 7) is 7.14. The van der Waals surface area contributed by atoms with E-state index in [4.69, 9.17) is 11.6 Å². The smallest absolute Gasteiger partial charge is 0.246 e. The lowest BCUT2D eigenvalue weighted by molar-refractivity contribution is -0.116. The van der Waals surface area contributed by atoms with Crippen LogP contribution >= 0.6 is 11.6 Å². The van der Waals surface area contributed by atoms with E-state index in [9.17, 15) is 13.2 Å². The van der Waals surface area contributed by atoms with Gasteiger partial charge in [-0.15, -0.1) is 0 Å². The van der Waals surface area contributed by atoms with E-state index in [1.807, 2.05) is 19.1 Å². The molecule has 27 heavy (non-hydrogen) atoms. The van der Waals surface area contributed by atoms with Gasteiger partial charge in [0.2, 0.25) is 15.9 Å². The maximum Gasteiger partial charge on any atom is 0.246 e. The Morgan fingerprint density at radius 3 is 2.15 bits per heavy atom. The standard InChI is InChI=1S/C19H24ClN3O3S/c1-12(2)23-27(25,26)17-9-7-15(8-10-17)22-19(24)14(4)21-16-6-5-13(3)18(20)11-16/h5-12,14,21,23H,1-4H3,(H,22,24)/t14-/m0/s1. The zero-order valence-corrected chi connectivity index (χ0v) is 17.3. The first-order valence-corrected chi connectivity index (χ1v) is 10.4. The van der Waals surface area contributed by atoms with Crippen LogP contribution in [-0.2, 0) is 14.8 Å². The molecule has 0 aliphatic carbocycles. The van der Waals surface area contributed by atoms with Crippen LogP contribution in [0.4, 0.5) is 11.4 Å². The average Bonchev–Trinajstić information content (AvgIpc) is 2.57. The maximum absolute atomic E-state index is 12.4. The fraction of sp³-hybridized carbons (Fsp3) is 0.316. The molecule has 0 aliphatic rings. The molecule has 0 bridgehead atoms. The minimum atomic E-state index is -3.56. The Hall–Kier alpha value is -2.09. The van der Waals surface area contributed by atoms with Gasteiger partial charge >= 0.3 is 0 Å². The number of hydrogen-bond acceptors (Lipinski definition) is 4. The second-order valence-corrected chi connectivity index (χ2v) is 8.74. The largest absolute Gasteiger partial charge is 0.374 e. The number of rotatable bonds is 7. The highest BCUT2D eigenvalue weighted by Gasteiger charge is 2.16. The molecule has 0 aliphatic heterocycles. The van der Waals surface area contributed by atoms with E-state index < -0.39 is 16.1 Å². The third-order valence-electron chi connectivity index (χ3n) is 3.77. The fourth-order valence-corrected chi connectivity index (χ4v) is 3.78. The van der Waals surface area contributed by atoms with Gasteiger partial charge in [-0.3, -0.25) is 4.79 Å². The molecule has 2 aromatic rings. The number of carbonyl (C=O) groups excluding carboxylic acids is 1. The zero-order valence-electron chi connectivity index (χ0n) is 15.7. The molecule has 0 unspecified atom stereocenters. The van der Waals surface area contributed by atoms with Gasteiger partial charge in [0.1, 0.15) is 6.04 Å². The second-order valence-electron chi connectivity index (χ2n) is 6.62. The summed E-state index contributed by atoms with van der Waals surface area (Å²) in [5.41, 5.74) is 2.22. The van der Waals surface area contributed by atoms with Gasteiger partial charge < -0.3 is 10.6 Å². The van der Waals surface area contributed by atoms with Gasteiger partial charge in [-0.05, 0) is 69.7 Å². The van der Waals surface area contributed by atoms with Crippen molar-refractivity contribution in [1.29, 1.82) is 0 Å². The Balaban J connectivity index is 2.01. The Bertz CT molecular complexity index is 912. The van der Waals surface area contributed by atoms with Gasteiger partial charge in [-0.2, -0.15) is 0 Å². The van der Waals surface area contributed by atoms with Crippen molar-refractivity contribution >= 4 is 38.9 Å². The maximum atomic E-state index is 12.4. The van der Waals surface area contributed by atoms with Crippen molar-refractivity contribution < 1.29 is 13.2 Å². The van der Waals surface area contributed by atoms with E-state index in [2.05, 4.69) is 15.4 Å². The summed E-state index contributed by atoms with van der Waals surface area (Å²) < 4.78 is 26.8. The summed E-state index contributed by atoms with van der Waals surface area (Å²) in [5.74, 6) is -0.248. The number of amides is 1. The van der Waals surface area contributed by atoms with Gasteiger partial charge in [-0.1, -0.05) is 17.7 Å². The molecule has 0 aromatic heterocycles. The number of aryl methyl sites for hydroxylation is 1. The van der Waals surface area contributed by atoms with E-state index in [0.29, 0.717) is 10.7 Å². The highest BCUT2D eigenvalue weighted by atomic mass is 35.5.